The first-order valence-electron chi connectivity index (χ1n) is 12.1. The van der Waals surface area contributed by atoms with E-state index in [9.17, 15) is 9.59 Å². The van der Waals surface area contributed by atoms with E-state index in [0.717, 1.165) is 34.5 Å². The molecule has 3 aromatic rings. The zero-order valence-corrected chi connectivity index (χ0v) is 20.9. The summed E-state index contributed by atoms with van der Waals surface area (Å²) in [6, 6.07) is 25.1. The third-order valence-electron chi connectivity index (χ3n) is 6.57. The Kier molecular flexibility index (Phi) is 7.51. The molecule has 6 nitrogen and oxygen atoms in total. The maximum absolute atomic E-state index is 13.5. The Hall–Kier alpha value is -3.64. The molecule has 2 amide bonds. The SMILES string of the molecule is CN(C)c1ccc(-c2ccc(NC(=O)[C@@H]3CCCN3C(=O)[C@@H](c3ccccc3)N(C)C)cc2)cc1. The molecule has 1 fully saturated rings. The highest BCUT2D eigenvalue weighted by atomic mass is 16.2. The Bertz CT molecular complexity index is 1140. The van der Waals surface area contributed by atoms with Crippen LogP contribution in [0.25, 0.3) is 11.1 Å². The average Bonchev–Trinajstić information content (AvgIpc) is 3.35. The highest BCUT2D eigenvalue weighted by molar-refractivity contribution is 5.98. The number of amides is 2. The van der Waals surface area contributed by atoms with Crippen molar-refractivity contribution in [3.63, 3.8) is 0 Å². The average molecular weight is 471 g/mol. The molecule has 1 saturated heterocycles. The van der Waals surface area contributed by atoms with E-state index in [1.807, 2.05) is 87.7 Å². The summed E-state index contributed by atoms with van der Waals surface area (Å²) in [6.45, 7) is 0.593. The molecule has 35 heavy (non-hydrogen) atoms. The lowest BCUT2D eigenvalue weighted by Crippen LogP contribution is -2.47. The minimum Gasteiger partial charge on any atom is -0.378 e. The molecule has 0 radical (unpaired) electrons. The van der Waals surface area contributed by atoms with Gasteiger partial charge in [-0.1, -0.05) is 54.6 Å². The summed E-state index contributed by atoms with van der Waals surface area (Å²) >= 11 is 0. The molecular weight excluding hydrogens is 436 g/mol. The van der Waals surface area contributed by atoms with Gasteiger partial charge in [-0.2, -0.15) is 0 Å². The molecule has 0 unspecified atom stereocenters. The van der Waals surface area contributed by atoms with Crippen molar-refractivity contribution >= 4 is 23.2 Å². The molecule has 0 saturated carbocycles. The van der Waals surface area contributed by atoms with Gasteiger partial charge in [0.25, 0.3) is 0 Å². The van der Waals surface area contributed by atoms with Crippen LogP contribution in [-0.4, -0.2) is 62.4 Å². The van der Waals surface area contributed by atoms with Crippen molar-refractivity contribution in [3.8, 4) is 11.1 Å². The van der Waals surface area contributed by atoms with Crippen LogP contribution in [0, 0.1) is 0 Å². The molecule has 1 N–H and O–H groups in total. The largest absolute Gasteiger partial charge is 0.378 e. The monoisotopic (exact) mass is 470 g/mol. The number of hydrogen-bond donors (Lipinski definition) is 1. The minimum absolute atomic E-state index is 0.0321. The van der Waals surface area contributed by atoms with Crippen molar-refractivity contribution in [2.24, 2.45) is 0 Å². The third kappa shape index (κ3) is 5.54. The Morgan fingerprint density at radius 2 is 1.46 bits per heavy atom. The summed E-state index contributed by atoms with van der Waals surface area (Å²) in [5.41, 5.74) is 5.02. The smallest absolute Gasteiger partial charge is 0.247 e. The third-order valence-corrected chi connectivity index (χ3v) is 6.57. The Morgan fingerprint density at radius 3 is 2.03 bits per heavy atom. The number of anilines is 2. The van der Waals surface area contributed by atoms with Gasteiger partial charge < -0.3 is 15.1 Å². The van der Waals surface area contributed by atoms with Crippen LogP contribution in [0.4, 0.5) is 11.4 Å². The zero-order valence-electron chi connectivity index (χ0n) is 20.9. The number of nitrogens with zero attached hydrogens (tertiary/aromatic N) is 3. The number of carbonyl (C=O) groups excluding carboxylic acids is 2. The van der Waals surface area contributed by atoms with E-state index in [0.29, 0.717) is 13.0 Å². The van der Waals surface area contributed by atoms with Gasteiger partial charge >= 0.3 is 0 Å². The van der Waals surface area contributed by atoms with Crippen molar-refractivity contribution in [1.29, 1.82) is 0 Å². The molecule has 0 spiro atoms. The second-order valence-corrected chi connectivity index (χ2v) is 9.47. The maximum Gasteiger partial charge on any atom is 0.247 e. The van der Waals surface area contributed by atoms with Crippen molar-refractivity contribution < 1.29 is 9.59 Å². The lowest BCUT2D eigenvalue weighted by atomic mass is 10.0. The molecule has 4 rings (SSSR count). The number of benzene rings is 3. The van der Waals surface area contributed by atoms with Gasteiger partial charge in [0.2, 0.25) is 11.8 Å². The molecule has 0 aliphatic carbocycles. The van der Waals surface area contributed by atoms with E-state index in [4.69, 9.17) is 0 Å². The zero-order chi connectivity index (χ0) is 24.9. The van der Waals surface area contributed by atoms with Crippen LogP contribution >= 0.6 is 0 Å². The fourth-order valence-corrected chi connectivity index (χ4v) is 4.68. The second kappa shape index (κ2) is 10.7. The summed E-state index contributed by atoms with van der Waals surface area (Å²) in [4.78, 5) is 32.4. The quantitative estimate of drug-likeness (QED) is 0.546. The first-order chi connectivity index (χ1) is 16.8. The Morgan fingerprint density at radius 1 is 0.857 bits per heavy atom. The van der Waals surface area contributed by atoms with Crippen LogP contribution in [0.15, 0.2) is 78.9 Å². The molecule has 1 heterocycles. The van der Waals surface area contributed by atoms with E-state index in [-0.39, 0.29) is 11.8 Å². The minimum atomic E-state index is -0.466. The number of nitrogens with one attached hydrogen (secondary N) is 1. The van der Waals surface area contributed by atoms with Crippen molar-refractivity contribution in [2.45, 2.75) is 24.9 Å². The van der Waals surface area contributed by atoms with Crippen LogP contribution < -0.4 is 10.2 Å². The highest BCUT2D eigenvalue weighted by Crippen LogP contribution is 2.28. The predicted octanol–water partition coefficient (Wildman–Crippen LogP) is 4.65. The fraction of sp³-hybridized carbons (Fsp3) is 0.310. The molecule has 6 heteroatoms. The van der Waals surface area contributed by atoms with E-state index in [1.54, 1.807) is 4.90 Å². The molecule has 3 aromatic carbocycles. The van der Waals surface area contributed by atoms with Gasteiger partial charge in [0.05, 0.1) is 0 Å². The number of likely N-dealkylation sites (tertiary alicyclic amines) is 1. The number of rotatable bonds is 7. The van der Waals surface area contributed by atoms with E-state index in [1.165, 1.54) is 0 Å². The van der Waals surface area contributed by atoms with E-state index < -0.39 is 12.1 Å². The number of hydrogen-bond acceptors (Lipinski definition) is 4. The molecule has 1 aliphatic heterocycles. The Balaban J connectivity index is 1.44. The first-order valence-corrected chi connectivity index (χ1v) is 12.1. The van der Waals surface area contributed by atoms with Crippen molar-refractivity contribution in [1.82, 2.24) is 9.80 Å². The van der Waals surface area contributed by atoms with Gasteiger partial charge in [-0.25, -0.2) is 0 Å². The topological polar surface area (TPSA) is 55.9 Å². The number of likely N-dealkylation sites (N-methyl/N-ethyl adjacent to an activating group) is 1. The lowest BCUT2D eigenvalue weighted by molar-refractivity contribution is -0.140. The van der Waals surface area contributed by atoms with Crippen molar-refractivity contribution in [3.05, 3.63) is 84.4 Å². The van der Waals surface area contributed by atoms with Gasteiger partial charge in [-0.05, 0) is 67.9 Å². The first kappa shape index (κ1) is 24.5. The van der Waals surface area contributed by atoms with Gasteiger partial charge in [-0.15, -0.1) is 0 Å². The van der Waals surface area contributed by atoms with Crippen LogP contribution in [0.1, 0.15) is 24.4 Å². The molecule has 182 valence electrons. The summed E-state index contributed by atoms with van der Waals surface area (Å²) in [5, 5.41) is 3.03. The van der Waals surface area contributed by atoms with Gasteiger partial charge in [-0.3, -0.25) is 14.5 Å². The summed E-state index contributed by atoms with van der Waals surface area (Å²) in [5.74, 6) is -0.167. The molecular formula is C29H34N4O2. The molecule has 1 aliphatic rings. The summed E-state index contributed by atoms with van der Waals surface area (Å²) in [6.07, 6.45) is 1.49. The summed E-state index contributed by atoms with van der Waals surface area (Å²) in [7, 11) is 7.84. The highest BCUT2D eigenvalue weighted by Gasteiger charge is 2.38. The van der Waals surface area contributed by atoms with Gasteiger partial charge in [0, 0.05) is 32.0 Å². The number of carbonyl (C=O) groups is 2. The van der Waals surface area contributed by atoms with Crippen LogP contribution in [0.2, 0.25) is 0 Å². The standard InChI is InChI=1S/C29H34N4O2/c1-31(2)25-18-14-22(15-19-25)21-12-16-24(17-13-21)30-28(34)26-11-8-20-33(26)29(35)27(32(3)4)23-9-6-5-7-10-23/h5-7,9-10,12-19,26-27H,8,11,20H2,1-4H3,(H,30,34)/t26-,27+/m0/s1. The van der Waals surface area contributed by atoms with Gasteiger partial charge in [0.1, 0.15) is 12.1 Å². The van der Waals surface area contributed by atoms with Gasteiger partial charge in [0.15, 0.2) is 0 Å². The lowest BCUT2D eigenvalue weighted by Gasteiger charge is -2.31. The maximum atomic E-state index is 13.5. The van der Waals surface area contributed by atoms with Crippen LogP contribution in [-0.2, 0) is 9.59 Å². The fourth-order valence-electron chi connectivity index (χ4n) is 4.68. The summed E-state index contributed by atoms with van der Waals surface area (Å²) < 4.78 is 0. The van der Waals surface area contributed by atoms with E-state index in [2.05, 4.69) is 34.5 Å². The molecule has 2 atom stereocenters. The molecule has 0 bridgehead atoms. The predicted molar refractivity (Wildman–Crippen MR) is 142 cm³/mol. The van der Waals surface area contributed by atoms with Crippen molar-refractivity contribution in [2.75, 3.05) is 45.0 Å². The molecule has 0 aromatic heterocycles. The van der Waals surface area contributed by atoms with Crippen LogP contribution in [0.5, 0.6) is 0 Å². The van der Waals surface area contributed by atoms with Crippen LogP contribution in [0.3, 0.4) is 0 Å². The Labute approximate surface area is 208 Å². The van der Waals surface area contributed by atoms with E-state index >= 15 is 0 Å². The normalized spacial score (nSPS) is 16.3. The second-order valence-electron chi connectivity index (χ2n) is 9.47.